The van der Waals surface area contributed by atoms with Crippen LogP contribution in [0.5, 0.6) is 0 Å². The van der Waals surface area contributed by atoms with Crippen LogP contribution in [0.1, 0.15) is 22.2 Å². The third-order valence-electron chi connectivity index (χ3n) is 2.85. The van der Waals surface area contributed by atoms with E-state index in [1.807, 2.05) is 23.8 Å². The summed E-state index contributed by atoms with van der Waals surface area (Å²) in [4.78, 5) is 17.0. The second kappa shape index (κ2) is 6.39. The first-order chi connectivity index (χ1) is 9.53. The summed E-state index contributed by atoms with van der Waals surface area (Å²) >= 11 is 2.95. The molecule has 2 heterocycles. The minimum atomic E-state index is -1.06. The highest BCUT2D eigenvalue weighted by Gasteiger charge is 2.25. The van der Waals surface area contributed by atoms with Gasteiger partial charge in [0.25, 0.3) is 5.91 Å². The van der Waals surface area contributed by atoms with Gasteiger partial charge in [-0.3, -0.25) is 4.79 Å². The van der Waals surface area contributed by atoms with Crippen LogP contribution in [0.4, 0.5) is 0 Å². The lowest BCUT2D eigenvalue weighted by Crippen LogP contribution is -2.38. The molecule has 1 amide bonds. The van der Waals surface area contributed by atoms with Crippen molar-refractivity contribution in [2.75, 3.05) is 12.8 Å². The molecule has 20 heavy (non-hydrogen) atoms. The van der Waals surface area contributed by atoms with Gasteiger partial charge in [-0.2, -0.15) is 0 Å². The molecule has 0 saturated carbocycles. The second-order valence-electron chi connectivity index (χ2n) is 4.52. The van der Waals surface area contributed by atoms with Crippen molar-refractivity contribution < 1.29 is 9.90 Å². The highest BCUT2D eigenvalue weighted by atomic mass is 32.2. The van der Waals surface area contributed by atoms with Crippen LogP contribution >= 0.6 is 23.1 Å². The van der Waals surface area contributed by atoms with Crippen molar-refractivity contribution in [1.82, 2.24) is 10.3 Å². The van der Waals surface area contributed by atoms with Crippen molar-refractivity contribution in [3.05, 3.63) is 46.3 Å². The molecule has 0 radical (unpaired) electrons. The third kappa shape index (κ3) is 3.59. The number of thioether (sulfide) groups is 1. The number of nitrogens with one attached hydrogen (secondary N) is 1. The first kappa shape index (κ1) is 15.0. The Balaban J connectivity index is 2.01. The van der Waals surface area contributed by atoms with Gasteiger partial charge in [-0.05, 0) is 36.8 Å². The van der Waals surface area contributed by atoms with E-state index in [1.54, 1.807) is 25.3 Å². The van der Waals surface area contributed by atoms with Crippen molar-refractivity contribution in [3.63, 3.8) is 0 Å². The Morgan fingerprint density at radius 2 is 2.35 bits per heavy atom. The van der Waals surface area contributed by atoms with E-state index in [-0.39, 0.29) is 12.5 Å². The van der Waals surface area contributed by atoms with Gasteiger partial charge in [-0.15, -0.1) is 23.1 Å². The molecule has 2 aromatic heterocycles. The van der Waals surface area contributed by atoms with Gasteiger partial charge in [-0.25, -0.2) is 4.98 Å². The van der Waals surface area contributed by atoms with Crippen LogP contribution in [0.25, 0.3) is 0 Å². The lowest BCUT2D eigenvalue weighted by molar-refractivity contribution is 0.0556. The maximum absolute atomic E-state index is 12.1. The summed E-state index contributed by atoms with van der Waals surface area (Å²) in [6, 6.07) is 7.13. The first-order valence-electron chi connectivity index (χ1n) is 6.07. The Bertz CT molecular complexity index is 583. The molecule has 106 valence electrons. The Kier molecular flexibility index (Phi) is 4.80. The first-order valence-corrected chi connectivity index (χ1v) is 8.18. The summed E-state index contributed by atoms with van der Waals surface area (Å²) in [7, 11) is 0. The van der Waals surface area contributed by atoms with Crippen LogP contribution in [-0.4, -0.2) is 28.8 Å². The fraction of sp³-hybridized carbons (Fsp3) is 0.286. The van der Waals surface area contributed by atoms with Crippen LogP contribution in [0.15, 0.2) is 40.9 Å². The highest BCUT2D eigenvalue weighted by Crippen LogP contribution is 2.24. The summed E-state index contributed by atoms with van der Waals surface area (Å²) in [6.07, 6.45) is 3.52. The molecule has 0 aliphatic rings. The van der Waals surface area contributed by atoms with Crippen LogP contribution in [0.2, 0.25) is 0 Å². The Hall–Kier alpha value is -1.37. The van der Waals surface area contributed by atoms with Crippen molar-refractivity contribution in [3.8, 4) is 0 Å². The number of carbonyl (C=O) groups is 1. The quantitative estimate of drug-likeness (QED) is 0.833. The zero-order valence-corrected chi connectivity index (χ0v) is 12.9. The summed E-state index contributed by atoms with van der Waals surface area (Å²) in [5.74, 6) is -0.209. The van der Waals surface area contributed by atoms with E-state index >= 15 is 0 Å². The smallest absolute Gasteiger partial charge is 0.251 e. The normalized spacial score (nSPS) is 13.8. The second-order valence-corrected chi connectivity index (χ2v) is 6.29. The molecule has 2 rings (SSSR count). The van der Waals surface area contributed by atoms with Crippen molar-refractivity contribution in [2.24, 2.45) is 0 Å². The van der Waals surface area contributed by atoms with Crippen molar-refractivity contribution in [1.29, 1.82) is 0 Å². The standard InChI is InChI=1S/C14H16N2O2S2/c1-14(18,11-4-3-7-20-11)9-16-13(17)10-5-6-15-12(8-10)19-2/h3-8,18H,9H2,1-2H3,(H,16,17). The van der Waals surface area contributed by atoms with E-state index in [1.165, 1.54) is 23.1 Å². The van der Waals surface area contributed by atoms with Gasteiger partial charge in [0.05, 0.1) is 11.6 Å². The van der Waals surface area contributed by atoms with Crippen LogP contribution in [-0.2, 0) is 5.60 Å². The molecular weight excluding hydrogens is 292 g/mol. The number of amides is 1. The number of thiophene rings is 1. The van der Waals surface area contributed by atoms with Crippen molar-refractivity contribution in [2.45, 2.75) is 17.6 Å². The monoisotopic (exact) mass is 308 g/mol. The number of aromatic nitrogens is 1. The van der Waals surface area contributed by atoms with Crippen molar-refractivity contribution >= 4 is 29.0 Å². The number of hydrogen-bond donors (Lipinski definition) is 2. The molecule has 0 aliphatic carbocycles. The minimum Gasteiger partial charge on any atom is -0.383 e. The molecule has 0 aliphatic heterocycles. The predicted octanol–water partition coefficient (Wildman–Crippen LogP) is 2.50. The summed E-state index contributed by atoms with van der Waals surface area (Å²) in [5.41, 5.74) is -0.509. The number of nitrogens with zero attached hydrogens (tertiary/aromatic N) is 1. The fourth-order valence-electron chi connectivity index (χ4n) is 1.69. The molecule has 0 fully saturated rings. The molecule has 1 atom stereocenters. The number of rotatable bonds is 5. The lowest BCUT2D eigenvalue weighted by atomic mass is 10.1. The van der Waals surface area contributed by atoms with Crippen LogP contribution < -0.4 is 5.32 Å². The zero-order valence-electron chi connectivity index (χ0n) is 11.3. The molecule has 4 nitrogen and oxygen atoms in total. The number of hydrogen-bond acceptors (Lipinski definition) is 5. The van der Waals surface area contributed by atoms with Gasteiger partial charge >= 0.3 is 0 Å². The molecule has 6 heteroatoms. The SMILES string of the molecule is CSc1cc(C(=O)NCC(C)(O)c2cccs2)ccn1. The van der Waals surface area contributed by atoms with E-state index in [0.29, 0.717) is 5.56 Å². The number of aliphatic hydroxyl groups is 1. The Labute approximate surface area is 126 Å². The maximum atomic E-state index is 12.1. The molecule has 0 saturated heterocycles. The number of pyridine rings is 1. The van der Waals surface area contributed by atoms with E-state index in [2.05, 4.69) is 10.3 Å². The van der Waals surface area contributed by atoms with Gasteiger partial charge in [0.15, 0.2) is 0 Å². The van der Waals surface area contributed by atoms with E-state index in [9.17, 15) is 9.90 Å². The van der Waals surface area contributed by atoms with Gasteiger partial charge in [-0.1, -0.05) is 6.07 Å². The zero-order chi connectivity index (χ0) is 14.6. The lowest BCUT2D eigenvalue weighted by Gasteiger charge is -2.22. The largest absolute Gasteiger partial charge is 0.383 e. The summed E-state index contributed by atoms with van der Waals surface area (Å²) < 4.78 is 0. The Morgan fingerprint density at radius 1 is 1.55 bits per heavy atom. The molecule has 0 aromatic carbocycles. The summed E-state index contributed by atoms with van der Waals surface area (Å²) in [5, 5.41) is 15.8. The number of carbonyl (C=O) groups excluding carboxylic acids is 1. The van der Waals surface area contributed by atoms with E-state index in [0.717, 1.165) is 9.90 Å². The van der Waals surface area contributed by atoms with Crippen LogP contribution in [0.3, 0.4) is 0 Å². The molecular formula is C14H16N2O2S2. The third-order valence-corrected chi connectivity index (χ3v) is 4.62. The summed E-state index contributed by atoms with van der Waals surface area (Å²) in [6.45, 7) is 1.86. The van der Waals surface area contributed by atoms with Gasteiger partial charge in [0.2, 0.25) is 0 Å². The van der Waals surface area contributed by atoms with Gasteiger partial charge in [0, 0.05) is 16.6 Å². The minimum absolute atomic E-state index is 0.170. The van der Waals surface area contributed by atoms with E-state index in [4.69, 9.17) is 0 Å². The topological polar surface area (TPSA) is 62.2 Å². The molecule has 2 N–H and O–H groups in total. The molecule has 0 bridgehead atoms. The Morgan fingerprint density at radius 3 is 3.00 bits per heavy atom. The molecule has 2 aromatic rings. The highest BCUT2D eigenvalue weighted by molar-refractivity contribution is 7.98. The molecule has 1 unspecified atom stereocenters. The average Bonchev–Trinajstić information content (AvgIpc) is 3.00. The van der Waals surface area contributed by atoms with Gasteiger partial charge < -0.3 is 10.4 Å². The van der Waals surface area contributed by atoms with Gasteiger partial charge in [0.1, 0.15) is 5.60 Å². The van der Waals surface area contributed by atoms with E-state index < -0.39 is 5.60 Å². The average molecular weight is 308 g/mol. The van der Waals surface area contributed by atoms with Crippen LogP contribution in [0, 0.1) is 0 Å². The maximum Gasteiger partial charge on any atom is 0.251 e. The predicted molar refractivity (Wildman–Crippen MR) is 82.2 cm³/mol. The fourth-order valence-corrected chi connectivity index (χ4v) is 2.89. The molecule has 0 spiro atoms.